The van der Waals surface area contributed by atoms with Crippen LogP contribution in [0.4, 0.5) is 0 Å². The van der Waals surface area contributed by atoms with Crippen LogP contribution in [0.25, 0.3) is 0 Å². The quantitative estimate of drug-likeness (QED) is 0.664. The van der Waals surface area contributed by atoms with Crippen molar-refractivity contribution in [3.63, 3.8) is 0 Å². The van der Waals surface area contributed by atoms with Gasteiger partial charge in [0.2, 0.25) is 0 Å². The molecule has 1 heterocycles. The molecule has 14 heavy (non-hydrogen) atoms. The van der Waals surface area contributed by atoms with E-state index in [2.05, 4.69) is 39.5 Å². The molecule has 0 saturated carbocycles. The summed E-state index contributed by atoms with van der Waals surface area (Å²) in [5, 5.41) is 0. The molecule has 1 nitrogen and oxygen atoms in total. The van der Waals surface area contributed by atoms with E-state index >= 15 is 0 Å². The highest BCUT2D eigenvalue weighted by atomic mass is 15.2. The molecule has 0 spiro atoms. The molecule has 1 heteroatoms. The Morgan fingerprint density at radius 3 is 2.29 bits per heavy atom. The molecule has 0 bridgehead atoms. The van der Waals surface area contributed by atoms with Crippen LogP contribution in [0.15, 0.2) is 0 Å². The summed E-state index contributed by atoms with van der Waals surface area (Å²) in [5.74, 6) is 0.828. The Hall–Kier alpha value is -0.0400. The van der Waals surface area contributed by atoms with Crippen LogP contribution < -0.4 is 0 Å². The van der Waals surface area contributed by atoms with Gasteiger partial charge in [-0.25, -0.2) is 0 Å². The molecule has 0 aromatic heterocycles. The van der Waals surface area contributed by atoms with E-state index in [1.54, 1.807) is 0 Å². The smallest absolute Gasteiger partial charge is 0.0212 e. The molecule has 1 fully saturated rings. The highest BCUT2D eigenvalue weighted by Crippen LogP contribution is 2.38. The molecular formula is C13H27N. The third-order valence-electron chi connectivity index (χ3n) is 3.72. The zero-order valence-corrected chi connectivity index (χ0v) is 10.6. The van der Waals surface area contributed by atoms with E-state index in [0.29, 0.717) is 5.54 Å². The van der Waals surface area contributed by atoms with Crippen molar-refractivity contribution in [1.82, 2.24) is 4.90 Å². The molecule has 0 radical (unpaired) electrons. The van der Waals surface area contributed by atoms with Crippen molar-refractivity contribution in [2.45, 2.75) is 71.9 Å². The van der Waals surface area contributed by atoms with Gasteiger partial charge in [-0.05, 0) is 52.0 Å². The second kappa shape index (κ2) is 4.65. The fourth-order valence-electron chi connectivity index (χ4n) is 3.27. The number of nitrogens with zero attached hydrogens (tertiary/aromatic N) is 1. The topological polar surface area (TPSA) is 3.24 Å². The predicted octanol–water partition coefficient (Wildman–Crippen LogP) is 3.69. The summed E-state index contributed by atoms with van der Waals surface area (Å²) in [6.45, 7) is 13.1. The first kappa shape index (κ1) is 12.0. The van der Waals surface area contributed by atoms with Gasteiger partial charge in [-0.3, -0.25) is 4.90 Å². The zero-order chi connectivity index (χ0) is 10.8. The highest BCUT2D eigenvalue weighted by molar-refractivity contribution is 4.96. The van der Waals surface area contributed by atoms with E-state index in [1.165, 1.54) is 32.2 Å². The summed E-state index contributed by atoms with van der Waals surface area (Å²) < 4.78 is 0. The van der Waals surface area contributed by atoms with Gasteiger partial charge < -0.3 is 0 Å². The summed E-state index contributed by atoms with van der Waals surface area (Å²) in [4.78, 5) is 2.74. The normalized spacial score (nSPS) is 29.4. The molecule has 0 N–H and O–H groups in total. The summed E-state index contributed by atoms with van der Waals surface area (Å²) in [5.41, 5.74) is 0.530. The SMILES string of the molecule is CCC1(CC(C)C)CCCN1C(C)C. The van der Waals surface area contributed by atoms with Crippen LogP contribution >= 0.6 is 0 Å². The van der Waals surface area contributed by atoms with Crippen molar-refractivity contribution in [3.8, 4) is 0 Å². The predicted molar refractivity (Wildman–Crippen MR) is 63.6 cm³/mol. The van der Waals surface area contributed by atoms with Gasteiger partial charge >= 0.3 is 0 Å². The maximum Gasteiger partial charge on any atom is 0.0212 e. The van der Waals surface area contributed by atoms with Crippen molar-refractivity contribution >= 4 is 0 Å². The minimum absolute atomic E-state index is 0.530. The first-order valence-corrected chi connectivity index (χ1v) is 6.28. The van der Waals surface area contributed by atoms with Crippen LogP contribution in [-0.4, -0.2) is 23.0 Å². The molecule has 0 aromatic rings. The summed E-state index contributed by atoms with van der Waals surface area (Å²) in [6.07, 6.45) is 5.52. The van der Waals surface area contributed by atoms with Crippen molar-refractivity contribution in [2.24, 2.45) is 5.92 Å². The maximum absolute atomic E-state index is 2.74. The summed E-state index contributed by atoms with van der Waals surface area (Å²) in [7, 11) is 0. The van der Waals surface area contributed by atoms with E-state index in [1.807, 2.05) is 0 Å². The number of rotatable bonds is 4. The minimum Gasteiger partial charge on any atom is -0.295 e. The van der Waals surface area contributed by atoms with Crippen LogP contribution in [-0.2, 0) is 0 Å². The molecule has 1 atom stereocenters. The van der Waals surface area contributed by atoms with E-state index in [0.717, 1.165) is 12.0 Å². The van der Waals surface area contributed by atoms with Crippen LogP contribution in [0.5, 0.6) is 0 Å². The molecule has 1 rings (SSSR count). The van der Waals surface area contributed by atoms with Crippen LogP contribution in [0.1, 0.15) is 60.3 Å². The van der Waals surface area contributed by atoms with Gasteiger partial charge in [0.15, 0.2) is 0 Å². The Labute approximate surface area is 89.9 Å². The Morgan fingerprint density at radius 1 is 1.21 bits per heavy atom. The average Bonchev–Trinajstić information content (AvgIpc) is 2.48. The van der Waals surface area contributed by atoms with E-state index in [9.17, 15) is 0 Å². The third-order valence-corrected chi connectivity index (χ3v) is 3.72. The van der Waals surface area contributed by atoms with Crippen LogP contribution in [0.2, 0.25) is 0 Å². The molecular weight excluding hydrogens is 170 g/mol. The Kier molecular flexibility index (Phi) is 4.00. The monoisotopic (exact) mass is 197 g/mol. The second-order valence-electron chi connectivity index (χ2n) is 5.57. The Balaban J connectivity index is 2.74. The molecule has 1 aliphatic heterocycles. The molecule has 0 aromatic carbocycles. The lowest BCUT2D eigenvalue weighted by atomic mass is 9.83. The van der Waals surface area contributed by atoms with Crippen molar-refractivity contribution in [3.05, 3.63) is 0 Å². The lowest BCUT2D eigenvalue weighted by Gasteiger charge is -2.42. The van der Waals surface area contributed by atoms with Crippen molar-refractivity contribution in [2.75, 3.05) is 6.54 Å². The van der Waals surface area contributed by atoms with Crippen molar-refractivity contribution in [1.29, 1.82) is 0 Å². The summed E-state index contributed by atoms with van der Waals surface area (Å²) >= 11 is 0. The molecule has 1 aliphatic rings. The van der Waals surface area contributed by atoms with Gasteiger partial charge in [0.25, 0.3) is 0 Å². The van der Waals surface area contributed by atoms with Gasteiger partial charge in [-0.1, -0.05) is 20.8 Å². The van der Waals surface area contributed by atoms with Gasteiger partial charge in [0, 0.05) is 11.6 Å². The molecule has 0 aliphatic carbocycles. The lowest BCUT2D eigenvalue weighted by molar-refractivity contribution is 0.0767. The lowest BCUT2D eigenvalue weighted by Crippen LogP contribution is -2.47. The van der Waals surface area contributed by atoms with Crippen LogP contribution in [0, 0.1) is 5.92 Å². The Morgan fingerprint density at radius 2 is 1.86 bits per heavy atom. The van der Waals surface area contributed by atoms with Gasteiger partial charge in [0.05, 0.1) is 0 Å². The standard InChI is InChI=1S/C13H27N/c1-6-13(10-11(2)3)8-7-9-14(13)12(4)5/h11-12H,6-10H2,1-5H3. The van der Waals surface area contributed by atoms with Gasteiger partial charge in [-0.2, -0.15) is 0 Å². The largest absolute Gasteiger partial charge is 0.295 e. The zero-order valence-electron chi connectivity index (χ0n) is 10.6. The maximum atomic E-state index is 2.74. The first-order chi connectivity index (χ1) is 6.52. The molecule has 1 saturated heterocycles. The van der Waals surface area contributed by atoms with E-state index in [-0.39, 0.29) is 0 Å². The van der Waals surface area contributed by atoms with Crippen LogP contribution in [0.3, 0.4) is 0 Å². The number of likely N-dealkylation sites (tertiary alicyclic amines) is 1. The third kappa shape index (κ3) is 2.31. The van der Waals surface area contributed by atoms with E-state index in [4.69, 9.17) is 0 Å². The molecule has 1 unspecified atom stereocenters. The van der Waals surface area contributed by atoms with E-state index < -0.39 is 0 Å². The summed E-state index contributed by atoms with van der Waals surface area (Å²) in [6, 6.07) is 0.719. The average molecular weight is 197 g/mol. The highest BCUT2D eigenvalue weighted by Gasteiger charge is 2.40. The fraction of sp³-hybridized carbons (Fsp3) is 1.00. The molecule has 0 amide bonds. The van der Waals surface area contributed by atoms with Gasteiger partial charge in [0.1, 0.15) is 0 Å². The van der Waals surface area contributed by atoms with Gasteiger partial charge in [-0.15, -0.1) is 0 Å². The molecule has 84 valence electrons. The minimum atomic E-state index is 0.530. The Bertz CT molecular complexity index is 174. The fourth-order valence-corrected chi connectivity index (χ4v) is 3.27. The second-order valence-corrected chi connectivity index (χ2v) is 5.57. The number of hydrogen-bond acceptors (Lipinski definition) is 1. The number of hydrogen-bond donors (Lipinski definition) is 0. The van der Waals surface area contributed by atoms with Crippen molar-refractivity contribution < 1.29 is 0 Å². The first-order valence-electron chi connectivity index (χ1n) is 6.28.